The summed E-state index contributed by atoms with van der Waals surface area (Å²) in [6, 6.07) is 6.98. The van der Waals surface area contributed by atoms with Crippen LogP contribution in [-0.4, -0.2) is 37.2 Å². The predicted octanol–water partition coefficient (Wildman–Crippen LogP) is 3.37. The Morgan fingerprint density at radius 1 is 1.18 bits per heavy atom. The van der Waals surface area contributed by atoms with Gasteiger partial charge >= 0.3 is 5.97 Å². The average molecular weight is 388 g/mol. The van der Waals surface area contributed by atoms with Crippen molar-refractivity contribution in [2.45, 2.75) is 57.9 Å². The molecule has 1 amide bonds. The fourth-order valence-electron chi connectivity index (χ4n) is 3.11. The Bertz CT molecular complexity index is 720. The molecular weight excluding hydrogens is 360 g/mol. The lowest BCUT2D eigenvalue weighted by Crippen LogP contribution is -2.46. The number of nitriles is 1. The van der Waals surface area contributed by atoms with Gasteiger partial charge in [-0.2, -0.15) is 5.26 Å². The van der Waals surface area contributed by atoms with Gasteiger partial charge in [0.05, 0.1) is 24.8 Å². The third kappa shape index (κ3) is 5.88. The number of nitrogens with one attached hydrogen (secondary N) is 1. The maximum atomic E-state index is 12.3. The van der Waals surface area contributed by atoms with Gasteiger partial charge in [-0.25, -0.2) is 4.79 Å². The quantitative estimate of drug-likeness (QED) is 0.487. The summed E-state index contributed by atoms with van der Waals surface area (Å²) in [7, 11) is 0. The second-order valence-electron chi connectivity index (χ2n) is 6.82. The number of hydrogen-bond donors (Lipinski definition) is 1. The largest absolute Gasteiger partial charge is 0.490 e. The molecule has 1 aliphatic carbocycles. The van der Waals surface area contributed by atoms with E-state index in [1.807, 2.05) is 6.92 Å². The average Bonchev–Trinajstić information content (AvgIpc) is 3.16. The fourth-order valence-corrected chi connectivity index (χ4v) is 3.11. The van der Waals surface area contributed by atoms with E-state index in [1.54, 1.807) is 18.2 Å². The van der Waals surface area contributed by atoms with Gasteiger partial charge in [0, 0.05) is 0 Å². The van der Waals surface area contributed by atoms with Crippen LogP contribution in [0.4, 0.5) is 0 Å². The van der Waals surface area contributed by atoms with E-state index in [9.17, 15) is 14.9 Å². The van der Waals surface area contributed by atoms with Crippen LogP contribution >= 0.6 is 0 Å². The lowest BCUT2D eigenvalue weighted by molar-refractivity contribution is -0.125. The van der Waals surface area contributed by atoms with Crippen molar-refractivity contribution in [3.8, 4) is 17.6 Å². The van der Waals surface area contributed by atoms with Crippen molar-refractivity contribution in [2.24, 2.45) is 0 Å². The van der Waals surface area contributed by atoms with Crippen molar-refractivity contribution in [2.75, 3.05) is 19.8 Å². The number of unbranched alkanes of at least 4 members (excludes halogenated alkanes) is 1. The first-order chi connectivity index (χ1) is 13.5. The molecule has 0 radical (unpaired) electrons. The van der Waals surface area contributed by atoms with Crippen LogP contribution in [0.25, 0.3) is 0 Å². The summed E-state index contributed by atoms with van der Waals surface area (Å²) in [6.45, 7) is 4.50. The number of esters is 1. The van der Waals surface area contributed by atoms with E-state index < -0.39 is 24.0 Å². The van der Waals surface area contributed by atoms with Crippen molar-refractivity contribution in [1.82, 2.24) is 5.32 Å². The molecule has 0 spiro atoms. The zero-order valence-electron chi connectivity index (χ0n) is 16.6. The highest BCUT2D eigenvalue weighted by Crippen LogP contribution is 2.30. The van der Waals surface area contributed by atoms with Crippen LogP contribution in [0.3, 0.4) is 0 Å². The van der Waals surface area contributed by atoms with E-state index in [4.69, 9.17) is 14.2 Å². The number of carbonyl (C=O) groups is 2. The molecule has 1 aliphatic rings. The lowest BCUT2D eigenvalue weighted by atomic mass is 10.00. The van der Waals surface area contributed by atoms with E-state index in [2.05, 4.69) is 18.3 Å². The van der Waals surface area contributed by atoms with Gasteiger partial charge in [0.1, 0.15) is 5.54 Å². The van der Waals surface area contributed by atoms with Gasteiger partial charge in [0.15, 0.2) is 18.1 Å². The third-order valence-electron chi connectivity index (χ3n) is 4.62. The summed E-state index contributed by atoms with van der Waals surface area (Å²) in [5, 5.41) is 12.0. The summed E-state index contributed by atoms with van der Waals surface area (Å²) in [6.07, 6.45) is 5.00. The Morgan fingerprint density at radius 2 is 1.93 bits per heavy atom. The van der Waals surface area contributed by atoms with E-state index in [0.717, 1.165) is 25.7 Å². The van der Waals surface area contributed by atoms with Crippen molar-refractivity contribution in [3.63, 3.8) is 0 Å². The van der Waals surface area contributed by atoms with Gasteiger partial charge < -0.3 is 19.5 Å². The SMILES string of the molecule is CCCCOc1ccc(C(=O)OCC(=O)NC2(C#N)CCCC2)cc1OCC. The molecule has 0 bridgehead atoms. The maximum Gasteiger partial charge on any atom is 0.338 e. The van der Waals surface area contributed by atoms with Crippen LogP contribution in [0.1, 0.15) is 62.7 Å². The van der Waals surface area contributed by atoms with Crippen LogP contribution in [0.15, 0.2) is 18.2 Å². The van der Waals surface area contributed by atoms with E-state index >= 15 is 0 Å². The molecule has 0 aromatic heterocycles. The van der Waals surface area contributed by atoms with Gasteiger partial charge in [0.2, 0.25) is 0 Å². The molecule has 28 heavy (non-hydrogen) atoms. The Kier molecular flexibility index (Phi) is 8.12. The molecule has 1 aromatic carbocycles. The zero-order chi connectivity index (χ0) is 20.4. The summed E-state index contributed by atoms with van der Waals surface area (Å²) in [5.41, 5.74) is -0.557. The summed E-state index contributed by atoms with van der Waals surface area (Å²) in [5.74, 6) is -0.0660. The summed E-state index contributed by atoms with van der Waals surface area (Å²) < 4.78 is 16.3. The summed E-state index contributed by atoms with van der Waals surface area (Å²) in [4.78, 5) is 24.4. The first-order valence-corrected chi connectivity index (χ1v) is 9.82. The van der Waals surface area contributed by atoms with Crippen LogP contribution in [0.5, 0.6) is 11.5 Å². The number of carbonyl (C=O) groups excluding carboxylic acids is 2. The zero-order valence-corrected chi connectivity index (χ0v) is 16.6. The van der Waals surface area contributed by atoms with Gasteiger partial charge in [0.25, 0.3) is 5.91 Å². The molecule has 7 heteroatoms. The number of nitrogens with zero attached hydrogens (tertiary/aromatic N) is 1. The Balaban J connectivity index is 1.94. The lowest BCUT2D eigenvalue weighted by Gasteiger charge is -2.21. The van der Waals surface area contributed by atoms with Crippen LogP contribution < -0.4 is 14.8 Å². The minimum Gasteiger partial charge on any atom is -0.490 e. The smallest absolute Gasteiger partial charge is 0.338 e. The molecule has 0 atom stereocenters. The highest BCUT2D eigenvalue weighted by atomic mass is 16.5. The first kappa shape index (κ1) is 21.5. The van der Waals surface area contributed by atoms with Crippen molar-refractivity contribution in [1.29, 1.82) is 5.26 Å². The van der Waals surface area contributed by atoms with Crippen LogP contribution in [0.2, 0.25) is 0 Å². The second kappa shape index (κ2) is 10.5. The van der Waals surface area contributed by atoms with Crippen LogP contribution in [0, 0.1) is 11.3 Å². The minimum absolute atomic E-state index is 0.273. The Morgan fingerprint density at radius 3 is 2.57 bits per heavy atom. The molecule has 2 rings (SSSR count). The van der Waals surface area contributed by atoms with Gasteiger partial charge in [-0.3, -0.25) is 4.79 Å². The highest BCUT2D eigenvalue weighted by molar-refractivity contribution is 5.92. The van der Waals surface area contributed by atoms with E-state index in [1.165, 1.54) is 0 Å². The second-order valence-corrected chi connectivity index (χ2v) is 6.82. The fraction of sp³-hybridized carbons (Fsp3) is 0.571. The molecule has 152 valence electrons. The number of hydrogen-bond acceptors (Lipinski definition) is 6. The molecular formula is C21H28N2O5. The van der Waals surface area contributed by atoms with Gasteiger partial charge in [-0.15, -0.1) is 0 Å². The monoisotopic (exact) mass is 388 g/mol. The first-order valence-electron chi connectivity index (χ1n) is 9.82. The topological polar surface area (TPSA) is 97.6 Å². The Labute approximate surface area is 166 Å². The van der Waals surface area contributed by atoms with Crippen LogP contribution in [-0.2, 0) is 9.53 Å². The highest BCUT2D eigenvalue weighted by Gasteiger charge is 2.35. The van der Waals surface area contributed by atoms with Crippen molar-refractivity contribution in [3.05, 3.63) is 23.8 Å². The number of ether oxygens (including phenoxy) is 3. The molecule has 1 N–H and O–H groups in total. The van der Waals surface area contributed by atoms with Crippen molar-refractivity contribution < 1.29 is 23.8 Å². The standard InChI is InChI=1S/C21H28N2O5/c1-3-5-12-27-17-9-8-16(13-18(17)26-4-2)20(25)28-14-19(24)23-21(15-22)10-6-7-11-21/h8-9,13H,3-7,10-12,14H2,1-2H3,(H,23,24). The minimum atomic E-state index is -0.830. The molecule has 1 fully saturated rings. The molecule has 0 aliphatic heterocycles. The molecule has 7 nitrogen and oxygen atoms in total. The molecule has 0 unspecified atom stereocenters. The van der Waals surface area contributed by atoms with Crippen molar-refractivity contribution >= 4 is 11.9 Å². The maximum absolute atomic E-state index is 12.3. The van der Waals surface area contributed by atoms with Gasteiger partial charge in [-0.1, -0.05) is 13.3 Å². The number of rotatable bonds is 10. The summed E-state index contributed by atoms with van der Waals surface area (Å²) >= 11 is 0. The molecule has 0 saturated heterocycles. The number of benzene rings is 1. The van der Waals surface area contributed by atoms with Gasteiger partial charge in [-0.05, 0) is 57.2 Å². The normalized spacial score (nSPS) is 14.8. The molecule has 1 saturated carbocycles. The predicted molar refractivity (Wildman–Crippen MR) is 103 cm³/mol. The van der Waals surface area contributed by atoms with E-state index in [0.29, 0.717) is 37.6 Å². The Hall–Kier alpha value is -2.75. The third-order valence-corrected chi connectivity index (χ3v) is 4.62. The molecule has 0 heterocycles. The van der Waals surface area contributed by atoms with E-state index in [-0.39, 0.29) is 5.56 Å². The number of amides is 1. The molecule has 1 aromatic rings.